The summed E-state index contributed by atoms with van der Waals surface area (Å²) in [6.45, 7) is 12.2. The molecule has 0 saturated heterocycles. The highest BCUT2D eigenvalue weighted by molar-refractivity contribution is 5.20. The van der Waals surface area contributed by atoms with Gasteiger partial charge in [-0.2, -0.15) is 0 Å². The van der Waals surface area contributed by atoms with E-state index >= 15 is 0 Å². The Labute approximate surface area is 146 Å². The molecule has 0 bridgehead atoms. The highest BCUT2D eigenvalue weighted by Gasteiger charge is 2.55. The quantitative estimate of drug-likeness (QED) is 0.580. The average molecular weight is 341 g/mol. The molecule has 0 aromatic heterocycles. The Morgan fingerprint density at radius 1 is 1.29 bits per heavy atom. The molecular weight excluding hydrogens is 304 g/mol. The van der Waals surface area contributed by atoms with Crippen molar-refractivity contribution in [2.75, 3.05) is 6.61 Å². The summed E-state index contributed by atoms with van der Waals surface area (Å²) in [6, 6.07) is 0. The van der Waals surface area contributed by atoms with Gasteiger partial charge in [0, 0.05) is 0 Å². The smallest absolute Gasteiger partial charge is 0.105 e. The normalized spacial score (nSPS) is 39.8. The number of aliphatic hydroxyl groups is 4. The van der Waals surface area contributed by atoms with E-state index in [0.717, 1.165) is 18.4 Å². The van der Waals surface area contributed by atoms with Gasteiger partial charge in [-0.25, -0.2) is 0 Å². The van der Waals surface area contributed by atoms with Gasteiger partial charge in [0.25, 0.3) is 0 Å². The van der Waals surface area contributed by atoms with E-state index in [-0.39, 0.29) is 16.7 Å². The Balaban J connectivity index is 2.24. The number of fused-ring (bicyclic) bond motifs is 1. The standard InChI is InChI=1S/C20H36O4/c1-13-14(7-10-20(5,24)17(23)12-21)19(4)9-6-8-18(2,3)16(19)11-15(13)22/h14-17,21-24H,1,6-12H2,2-5H3/t14-,15+,16-,17-,19+,20-/m0/s1. The third-order valence-electron chi connectivity index (χ3n) is 7.24. The predicted octanol–water partition coefficient (Wildman–Crippen LogP) is 2.64. The molecule has 6 atom stereocenters. The van der Waals surface area contributed by atoms with Crippen molar-refractivity contribution in [1.29, 1.82) is 0 Å². The second-order valence-corrected chi connectivity index (χ2v) is 9.37. The van der Waals surface area contributed by atoms with E-state index in [1.165, 1.54) is 12.8 Å². The van der Waals surface area contributed by atoms with Crippen LogP contribution in [-0.4, -0.2) is 44.8 Å². The summed E-state index contributed by atoms with van der Waals surface area (Å²) >= 11 is 0. The lowest BCUT2D eigenvalue weighted by atomic mass is 9.46. The summed E-state index contributed by atoms with van der Waals surface area (Å²) in [4.78, 5) is 0. The van der Waals surface area contributed by atoms with Gasteiger partial charge < -0.3 is 20.4 Å². The number of hydrogen-bond acceptors (Lipinski definition) is 4. The third kappa shape index (κ3) is 3.44. The van der Waals surface area contributed by atoms with Crippen LogP contribution in [0.1, 0.15) is 66.2 Å². The molecule has 24 heavy (non-hydrogen) atoms. The topological polar surface area (TPSA) is 80.9 Å². The number of hydrogen-bond donors (Lipinski definition) is 4. The molecule has 0 aromatic rings. The Morgan fingerprint density at radius 2 is 1.92 bits per heavy atom. The zero-order valence-electron chi connectivity index (χ0n) is 15.8. The van der Waals surface area contributed by atoms with Crippen molar-refractivity contribution < 1.29 is 20.4 Å². The molecule has 2 rings (SSSR count). The summed E-state index contributed by atoms with van der Waals surface area (Å²) in [5.41, 5.74) is -0.188. The van der Waals surface area contributed by atoms with Gasteiger partial charge in [-0.1, -0.05) is 33.8 Å². The molecule has 2 saturated carbocycles. The monoisotopic (exact) mass is 340 g/mol. The number of aliphatic hydroxyl groups excluding tert-OH is 3. The van der Waals surface area contributed by atoms with Crippen LogP contribution < -0.4 is 0 Å². The van der Waals surface area contributed by atoms with Crippen LogP contribution in [-0.2, 0) is 0 Å². The fourth-order valence-corrected chi connectivity index (χ4v) is 5.52. The molecule has 0 unspecified atom stereocenters. The molecule has 0 amide bonds. The van der Waals surface area contributed by atoms with Crippen LogP contribution in [0.5, 0.6) is 0 Å². The molecule has 4 nitrogen and oxygen atoms in total. The Kier molecular flexibility index (Phi) is 5.57. The first-order valence-electron chi connectivity index (χ1n) is 9.34. The molecule has 0 radical (unpaired) electrons. The molecule has 2 aliphatic rings. The lowest BCUT2D eigenvalue weighted by Gasteiger charge is -2.59. The van der Waals surface area contributed by atoms with Crippen molar-refractivity contribution in [1.82, 2.24) is 0 Å². The molecule has 0 aromatic carbocycles. The summed E-state index contributed by atoms with van der Waals surface area (Å²) in [5.74, 6) is 0.556. The Bertz CT molecular complexity index is 470. The van der Waals surface area contributed by atoms with Crippen molar-refractivity contribution in [3.05, 3.63) is 12.2 Å². The maximum atomic E-state index is 10.6. The van der Waals surface area contributed by atoms with Crippen molar-refractivity contribution in [2.24, 2.45) is 22.7 Å². The third-order valence-corrected chi connectivity index (χ3v) is 7.24. The Hall–Kier alpha value is -0.420. The van der Waals surface area contributed by atoms with Gasteiger partial charge in [-0.05, 0) is 67.3 Å². The summed E-state index contributed by atoms with van der Waals surface area (Å²) in [5, 5.41) is 40.0. The zero-order valence-corrected chi connectivity index (χ0v) is 15.8. The van der Waals surface area contributed by atoms with Crippen LogP contribution in [0, 0.1) is 22.7 Å². The van der Waals surface area contributed by atoms with E-state index in [2.05, 4.69) is 27.4 Å². The summed E-state index contributed by atoms with van der Waals surface area (Å²) < 4.78 is 0. The van der Waals surface area contributed by atoms with Crippen LogP contribution in [0.25, 0.3) is 0 Å². The average Bonchev–Trinajstić information content (AvgIpc) is 2.48. The SMILES string of the molecule is C=C1[C@H](O)C[C@H]2C(C)(C)CCC[C@]2(C)[C@H]1CC[C@](C)(O)[C@@H](O)CO. The van der Waals surface area contributed by atoms with Crippen molar-refractivity contribution in [3.63, 3.8) is 0 Å². The fraction of sp³-hybridized carbons (Fsp3) is 0.900. The largest absolute Gasteiger partial charge is 0.394 e. The van der Waals surface area contributed by atoms with Crippen LogP contribution >= 0.6 is 0 Å². The minimum Gasteiger partial charge on any atom is -0.394 e. The highest BCUT2D eigenvalue weighted by atomic mass is 16.4. The molecule has 0 aliphatic heterocycles. The molecule has 0 heterocycles. The van der Waals surface area contributed by atoms with E-state index in [1.807, 2.05) is 0 Å². The first kappa shape index (κ1) is 19.9. The molecule has 4 heteroatoms. The summed E-state index contributed by atoms with van der Waals surface area (Å²) in [6.07, 6.45) is 3.66. The maximum Gasteiger partial charge on any atom is 0.105 e. The zero-order chi connectivity index (χ0) is 18.3. The molecule has 2 aliphatic carbocycles. The predicted molar refractivity (Wildman–Crippen MR) is 95.4 cm³/mol. The molecular formula is C20H36O4. The van der Waals surface area contributed by atoms with Gasteiger partial charge >= 0.3 is 0 Å². The Morgan fingerprint density at radius 3 is 2.50 bits per heavy atom. The van der Waals surface area contributed by atoms with Gasteiger partial charge in [-0.15, -0.1) is 0 Å². The second kappa shape index (κ2) is 6.71. The lowest BCUT2D eigenvalue weighted by Crippen LogP contribution is -2.53. The van der Waals surface area contributed by atoms with Gasteiger partial charge in [0.05, 0.1) is 18.3 Å². The van der Waals surface area contributed by atoms with E-state index < -0.39 is 24.4 Å². The maximum absolute atomic E-state index is 10.6. The fourth-order valence-electron chi connectivity index (χ4n) is 5.52. The molecule has 2 fully saturated rings. The first-order chi connectivity index (χ1) is 11.0. The van der Waals surface area contributed by atoms with Crippen LogP contribution in [0.4, 0.5) is 0 Å². The van der Waals surface area contributed by atoms with Crippen LogP contribution in [0.3, 0.4) is 0 Å². The van der Waals surface area contributed by atoms with E-state index in [0.29, 0.717) is 18.8 Å². The van der Waals surface area contributed by atoms with Gasteiger partial charge in [0.15, 0.2) is 0 Å². The number of rotatable bonds is 5. The van der Waals surface area contributed by atoms with E-state index in [4.69, 9.17) is 5.11 Å². The minimum absolute atomic E-state index is 0.0678. The minimum atomic E-state index is -1.33. The first-order valence-corrected chi connectivity index (χ1v) is 9.34. The van der Waals surface area contributed by atoms with Gasteiger partial charge in [-0.3, -0.25) is 0 Å². The van der Waals surface area contributed by atoms with Crippen molar-refractivity contribution in [2.45, 2.75) is 84.0 Å². The highest BCUT2D eigenvalue weighted by Crippen LogP contribution is 2.61. The van der Waals surface area contributed by atoms with Crippen LogP contribution in [0.15, 0.2) is 12.2 Å². The van der Waals surface area contributed by atoms with E-state index in [1.54, 1.807) is 6.92 Å². The van der Waals surface area contributed by atoms with Crippen LogP contribution in [0.2, 0.25) is 0 Å². The van der Waals surface area contributed by atoms with Crippen molar-refractivity contribution >= 4 is 0 Å². The molecule has 0 spiro atoms. The van der Waals surface area contributed by atoms with Gasteiger partial charge in [0.1, 0.15) is 6.10 Å². The van der Waals surface area contributed by atoms with Gasteiger partial charge in [0.2, 0.25) is 0 Å². The van der Waals surface area contributed by atoms with Crippen molar-refractivity contribution in [3.8, 4) is 0 Å². The second-order valence-electron chi connectivity index (χ2n) is 9.37. The molecule has 140 valence electrons. The summed E-state index contributed by atoms with van der Waals surface area (Å²) in [7, 11) is 0. The molecule has 4 N–H and O–H groups in total. The lowest BCUT2D eigenvalue weighted by molar-refractivity contribution is -0.108. The van der Waals surface area contributed by atoms with E-state index in [9.17, 15) is 15.3 Å².